The molecule has 0 spiro atoms. The van der Waals surface area contributed by atoms with Crippen LogP contribution in [-0.2, 0) is 14.4 Å². The normalized spacial score (nSPS) is 18.8. The Morgan fingerprint density at radius 2 is 1.75 bits per heavy atom. The number of hydrogen-bond acceptors (Lipinski definition) is 7. The summed E-state index contributed by atoms with van der Waals surface area (Å²) in [5, 5.41) is 3.89. The van der Waals surface area contributed by atoms with Crippen molar-refractivity contribution in [2.75, 3.05) is 0 Å². The van der Waals surface area contributed by atoms with E-state index in [1.54, 1.807) is 57.2 Å². The Morgan fingerprint density at radius 3 is 2.36 bits per heavy atom. The van der Waals surface area contributed by atoms with Crippen molar-refractivity contribution in [1.29, 1.82) is 0 Å². The maximum absolute atomic E-state index is 12.2. The fourth-order valence-corrected chi connectivity index (χ4v) is 2.66. The molecule has 0 amide bonds. The second-order valence-corrected chi connectivity index (χ2v) is 7.47. The van der Waals surface area contributed by atoms with Gasteiger partial charge in [-0.1, -0.05) is 30.3 Å². The molecule has 7 nitrogen and oxygen atoms in total. The molecular formula is C21H22N2O5. The van der Waals surface area contributed by atoms with Crippen LogP contribution in [0.25, 0.3) is 0 Å². The fourth-order valence-electron chi connectivity index (χ4n) is 2.66. The Hall–Kier alpha value is -3.22. The molecule has 1 aromatic carbocycles. The standard InChI is InChI=1S/C21H22N2O5/c1-13-17(20(25)27-21(2,3)4)23-28-18(13)16-11-10-15(12-22-16)26-19(24)14-8-6-5-7-9-14/h5-13,18H,1-4H3/t13-,18-/m0/s1. The van der Waals surface area contributed by atoms with Gasteiger partial charge in [0.05, 0.1) is 23.4 Å². The van der Waals surface area contributed by atoms with E-state index in [0.717, 1.165) is 0 Å². The number of benzene rings is 1. The molecule has 0 N–H and O–H groups in total. The number of esters is 2. The predicted molar refractivity (Wildman–Crippen MR) is 102 cm³/mol. The van der Waals surface area contributed by atoms with Crippen LogP contribution in [0, 0.1) is 5.92 Å². The molecule has 28 heavy (non-hydrogen) atoms. The molecule has 1 aliphatic rings. The van der Waals surface area contributed by atoms with E-state index in [2.05, 4.69) is 10.1 Å². The Balaban J connectivity index is 1.64. The lowest BCUT2D eigenvalue weighted by Crippen LogP contribution is -2.31. The van der Waals surface area contributed by atoms with Gasteiger partial charge >= 0.3 is 11.9 Å². The Morgan fingerprint density at radius 1 is 1.04 bits per heavy atom. The summed E-state index contributed by atoms with van der Waals surface area (Å²) in [6.45, 7) is 7.20. The van der Waals surface area contributed by atoms with Crippen molar-refractivity contribution >= 4 is 17.7 Å². The Bertz CT molecular complexity index is 885. The lowest BCUT2D eigenvalue weighted by atomic mass is 9.97. The second-order valence-electron chi connectivity index (χ2n) is 7.47. The van der Waals surface area contributed by atoms with E-state index in [9.17, 15) is 9.59 Å². The van der Waals surface area contributed by atoms with Gasteiger partial charge in [0.2, 0.25) is 0 Å². The minimum absolute atomic E-state index is 0.223. The predicted octanol–water partition coefficient (Wildman–Crippen LogP) is 3.71. The van der Waals surface area contributed by atoms with Gasteiger partial charge in [-0.3, -0.25) is 4.98 Å². The van der Waals surface area contributed by atoms with Crippen molar-refractivity contribution in [3.05, 3.63) is 59.9 Å². The van der Waals surface area contributed by atoms with E-state index in [4.69, 9.17) is 14.3 Å². The molecule has 0 radical (unpaired) electrons. The fraction of sp³-hybridized carbons (Fsp3) is 0.333. The number of pyridine rings is 1. The zero-order valence-electron chi connectivity index (χ0n) is 16.2. The number of ether oxygens (including phenoxy) is 2. The van der Waals surface area contributed by atoms with Crippen molar-refractivity contribution in [2.45, 2.75) is 39.4 Å². The van der Waals surface area contributed by atoms with E-state index < -0.39 is 23.6 Å². The molecular weight excluding hydrogens is 360 g/mol. The third-order valence-electron chi connectivity index (χ3n) is 4.03. The molecule has 0 fully saturated rings. The molecule has 0 saturated carbocycles. The second kappa shape index (κ2) is 7.80. The number of oxime groups is 1. The molecule has 0 aliphatic carbocycles. The van der Waals surface area contributed by atoms with Crippen LogP contribution in [0.4, 0.5) is 0 Å². The molecule has 2 atom stereocenters. The first-order valence-electron chi connectivity index (χ1n) is 8.95. The Kier molecular flexibility index (Phi) is 5.44. The van der Waals surface area contributed by atoms with Crippen molar-refractivity contribution < 1.29 is 23.9 Å². The molecule has 2 heterocycles. The lowest BCUT2D eigenvalue weighted by molar-refractivity contribution is -0.146. The third kappa shape index (κ3) is 4.54. The summed E-state index contributed by atoms with van der Waals surface area (Å²) >= 11 is 0. The largest absolute Gasteiger partial charge is 0.455 e. The van der Waals surface area contributed by atoms with Crippen LogP contribution in [0.3, 0.4) is 0 Å². The molecule has 0 saturated heterocycles. The van der Waals surface area contributed by atoms with Crippen LogP contribution in [0.15, 0.2) is 53.8 Å². The van der Waals surface area contributed by atoms with Gasteiger partial charge in [0.25, 0.3) is 0 Å². The number of carbonyl (C=O) groups is 2. The van der Waals surface area contributed by atoms with Gasteiger partial charge in [0.1, 0.15) is 11.4 Å². The molecule has 0 bridgehead atoms. The highest BCUT2D eigenvalue weighted by molar-refractivity contribution is 6.37. The Labute approximate surface area is 163 Å². The first-order chi connectivity index (χ1) is 13.2. The molecule has 146 valence electrons. The summed E-state index contributed by atoms with van der Waals surface area (Å²) in [5.41, 5.74) is 0.644. The quantitative estimate of drug-likeness (QED) is 0.749. The van der Waals surface area contributed by atoms with Gasteiger partial charge in [-0.15, -0.1) is 0 Å². The van der Waals surface area contributed by atoms with Gasteiger partial charge in [-0.05, 0) is 45.0 Å². The van der Waals surface area contributed by atoms with Gasteiger partial charge in [0.15, 0.2) is 11.8 Å². The minimum atomic E-state index is -0.611. The minimum Gasteiger partial charge on any atom is -0.455 e. The van der Waals surface area contributed by atoms with Gasteiger partial charge in [0, 0.05) is 0 Å². The number of rotatable bonds is 4. The molecule has 7 heteroatoms. The summed E-state index contributed by atoms with van der Waals surface area (Å²) in [7, 11) is 0. The lowest BCUT2D eigenvalue weighted by Gasteiger charge is -2.20. The molecule has 1 aromatic heterocycles. The molecule has 0 unspecified atom stereocenters. The first-order valence-corrected chi connectivity index (χ1v) is 8.95. The van der Waals surface area contributed by atoms with Crippen LogP contribution in [0.1, 0.15) is 49.9 Å². The van der Waals surface area contributed by atoms with Crippen LogP contribution in [0.5, 0.6) is 5.75 Å². The van der Waals surface area contributed by atoms with Crippen molar-refractivity contribution in [2.24, 2.45) is 11.1 Å². The van der Waals surface area contributed by atoms with Gasteiger partial charge in [-0.25, -0.2) is 9.59 Å². The molecule has 1 aliphatic heterocycles. The first kappa shape index (κ1) is 19.5. The SMILES string of the molecule is C[C@H]1C(C(=O)OC(C)(C)C)=NO[C@@H]1c1ccc(OC(=O)c2ccccc2)cn1. The van der Waals surface area contributed by atoms with E-state index in [0.29, 0.717) is 17.0 Å². The topological polar surface area (TPSA) is 87.1 Å². The summed E-state index contributed by atoms with van der Waals surface area (Å²) in [6.07, 6.45) is 0.930. The average molecular weight is 382 g/mol. The number of hydrogen-bond donors (Lipinski definition) is 0. The number of aromatic nitrogens is 1. The van der Waals surface area contributed by atoms with E-state index in [1.165, 1.54) is 6.20 Å². The van der Waals surface area contributed by atoms with Crippen LogP contribution in [0.2, 0.25) is 0 Å². The van der Waals surface area contributed by atoms with E-state index >= 15 is 0 Å². The summed E-state index contributed by atoms with van der Waals surface area (Å²) < 4.78 is 10.7. The third-order valence-corrected chi connectivity index (χ3v) is 4.03. The summed E-state index contributed by atoms with van der Waals surface area (Å²) in [4.78, 5) is 34.0. The van der Waals surface area contributed by atoms with Gasteiger partial charge < -0.3 is 14.3 Å². The average Bonchev–Trinajstić information content (AvgIpc) is 3.03. The number of carbonyl (C=O) groups excluding carboxylic acids is 2. The van der Waals surface area contributed by atoms with Crippen molar-refractivity contribution in [3.63, 3.8) is 0 Å². The maximum atomic E-state index is 12.2. The highest BCUT2D eigenvalue weighted by Gasteiger charge is 2.38. The zero-order chi connectivity index (χ0) is 20.3. The van der Waals surface area contributed by atoms with Gasteiger partial charge in [-0.2, -0.15) is 0 Å². The van der Waals surface area contributed by atoms with Crippen molar-refractivity contribution in [3.8, 4) is 5.75 Å². The highest BCUT2D eigenvalue weighted by Crippen LogP contribution is 2.33. The highest BCUT2D eigenvalue weighted by atomic mass is 16.6. The van der Waals surface area contributed by atoms with E-state index in [1.807, 2.05) is 13.0 Å². The van der Waals surface area contributed by atoms with E-state index in [-0.39, 0.29) is 11.6 Å². The van der Waals surface area contributed by atoms with Crippen LogP contribution >= 0.6 is 0 Å². The van der Waals surface area contributed by atoms with Crippen molar-refractivity contribution in [1.82, 2.24) is 4.98 Å². The van der Waals surface area contributed by atoms with Crippen LogP contribution < -0.4 is 4.74 Å². The maximum Gasteiger partial charge on any atom is 0.357 e. The molecule has 2 aromatic rings. The monoisotopic (exact) mass is 382 g/mol. The summed E-state index contributed by atoms with van der Waals surface area (Å²) in [5.74, 6) is -0.969. The smallest absolute Gasteiger partial charge is 0.357 e. The zero-order valence-corrected chi connectivity index (χ0v) is 16.2. The summed E-state index contributed by atoms with van der Waals surface area (Å²) in [6, 6.07) is 12.0. The van der Waals surface area contributed by atoms with Crippen LogP contribution in [-0.4, -0.2) is 28.2 Å². The molecule has 3 rings (SSSR count). The number of nitrogens with zero attached hydrogens (tertiary/aromatic N) is 2.